The van der Waals surface area contributed by atoms with Gasteiger partial charge in [0, 0.05) is 16.5 Å². The van der Waals surface area contributed by atoms with Gasteiger partial charge in [0.15, 0.2) is 12.3 Å². The summed E-state index contributed by atoms with van der Waals surface area (Å²) in [4.78, 5) is 26.8. The van der Waals surface area contributed by atoms with E-state index in [1.807, 2.05) is 0 Å². The minimum Gasteiger partial charge on any atom is -0.335 e. The molecule has 3 atom stereocenters. The Labute approximate surface area is 167 Å². The first kappa shape index (κ1) is 19.2. The standard InChI is InChI=1S/C18H18BrF3N4O2/c19-11-5-4-10(12(20)6-11)7-25-18(28)26-15(2-1-3-16(26)23-25)17(27)24-8-13(21)14(22)9-24/h4-6,13-15H,1-3,7-9H2/t13-,14+,15-/m0/s1. The number of benzene rings is 1. The molecule has 2 aromatic rings. The fourth-order valence-electron chi connectivity index (χ4n) is 3.79. The minimum atomic E-state index is -1.70. The molecule has 2 aliphatic rings. The summed E-state index contributed by atoms with van der Waals surface area (Å²) in [5.41, 5.74) is -0.230. The van der Waals surface area contributed by atoms with Crippen molar-refractivity contribution in [3.8, 4) is 0 Å². The van der Waals surface area contributed by atoms with Crippen LogP contribution in [0.4, 0.5) is 13.2 Å². The Bertz CT molecular complexity index is 966. The van der Waals surface area contributed by atoms with Crippen LogP contribution in [0, 0.1) is 5.82 Å². The molecular formula is C18H18BrF3N4O2. The summed E-state index contributed by atoms with van der Waals surface area (Å²) in [5, 5.41) is 4.27. The lowest BCUT2D eigenvalue weighted by Crippen LogP contribution is -2.42. The van der Waals surface area contributed by atoms with Gasteiger partial charge in [-0.25, -0.2) is 22.6 Å². The minimum absolute atomic E-state index is 0.0678. The Balaban J connectivity index is 1.63. The lowest BCUT2D eigenvalue weighted by Gasteiger charge is -2.26. The number of hydrogen-bond donors (Lipinski definition) is 0. The number of aryl methyl sites for hydroxylation is 1. The summed E-state index contributed by atoms with van der Waals surface area (Å²) in [6.07, 6.45) is -1.87. The summed E-state index contributed by atoms with van der Waals surface area (Å²) in [6, 6.07) is 3.69. The van der Waals surface area contributed by atoms with Crippen LogP contribution in [0.25, 0.3) is 0 Å². The van der Waals surface area contributed by atoms with Crippen LogP contribution in [-0.2, 0) is 17.8 Å². The number of rotatable bonds is 3. The van der Waals surface area contributed by atoms with Gasteiger partial charge in [0.25, 0.3) is 0 Å². The van der Waals surface area contributed by atoms with Crippen molar-refractivity contribution >= 4 is 21.8 Å². The number of halogens is 4. The molecule has 6 nitrogen and oxygen atoms in total. The molecule has 28 heavy (non-hydrogen) atoms. The molecule has 0 saturated carbocycles. The molecule has 3 heterocycles. The number of alkyl halides is 2. The van der Waals surface area contributed by atoms with Crippen molar-refractivity contribution in [1.82, 2.24) is 19.2 Å². The van der Waals surface area contributed by atoms with Gasteiger partial charge < -0.3 is 4.90 Å². The first-order valence-electron chi connectivity index (χ1n) is 9.04. The first-order chi connectivity index (χ1) is 13.3. The van der Waals surface area contributed by atoms with E-state index in [-0.39, 0.29) is 19.6 Å². The van der Waals surface area contributed by atoms with Gasteiger partial charge in [-0.15, -0.1) is 0 Å². The van der Waals surface area contributed by atoms with Crippen LogP contribution in [0.3, 0.4) is 0 Å². The number of nitrogens with zero attached hydrogens (tertiary/aromatic N) is 4. The average Bonchev–Trinajstić information content (AvgIpc) is 3.16. The SMILES string of the molecule is O=C([C@@H]1CCCc2nn(Cc3ccc(Br)cc3F)c(=O)n21)N1C[C@@H](F)[C@@H](F)C1. The van der Waals surface area contributed by atoms with Crippen molar-refractivity contribution in [1.29, 1.82) is 0 Å². The van der Waals surface area contributed by atoms with Crippen molar-refractivity contribution in [2.75, 3.05) is 13.1 Å². The third-order valence-corrected chi connectivity index (χ3v) is 5.74. The number of aromatic nitrogens is 3. The number of carbonyl (C=O) groups excluding carboxylic acids is 1. The van der Waals surface area contributed by atoms with Crippen molar-refractivity contribution in [3.63, 3.8) is 0 Å². The van der Waals surface area contributed by atoms with E-state index in [9.17, 15) is 22.8 Å². The Morgan fingerprint density at radius 2 is 1.96 bits per heavy atom. The van der Waals surface area contributed by atoms with Crippen LogP contribution >= 0.6 is 15.9 Å². The molecule has 0 aliphatic carbocycles. The molecule has 0 radical (unpaired) electrons. The predicted octanol–water partition coefficient (Wildman–Crippen LogP) is 2.39. The maximum Gasteiger partial charge on any atom is 0.346 e. The highest BCUT2D eigenvalue weighted by molar-refractivity contribution is 9.10. The zero-order chi connectivity index (χ0) is 20.0. The van der Waals surface area contributed by atoms with Gasteiger partial charge in [-0.2, -0.15) is 5.10 Å². The molecule has 0 spiro atoms. The quantitative estimate of drug-likeness (QED) is 0.709. The molecule has 1 aromatic carbocycles. The molecular weight excluding hydrogens is 441 g/mol. The van der Waals surface area contributed by atoms with Crippen LogP contribution in [0.2, 0.25) is 0 Å². The topological polar surface area (TPSA) is 60.1 Å². The van der Waals surface area contributed by atoms with Crippen LogP contribution in [0.15, 0.2) is 27.5 Å². The molecule has 150 valence electrons. The van der Waals surface area contributed by atoms with Crippen LogP contribution in [0.5, 0.6) is 0 Å². The van der Waals surface area contributed by atoms with E-state index in [0.29, 0.717) is 35.1 Å². The average molecular weight is 459 g/mol. The third-order valence-electron chi connectivity index (χ3n) is 5.24. The third kappa shape index (κ3) is 3.38. The predicted molar refractivity (Wildman–Crippen MR) is 98.0 cm³/mol. The Morgan fingerprint density at radius 3 is 2.64 bits per heavy atom. The van der Waals surface area contributed by atoms with Gasteiger partial charge in [0.1, 0.15) is 17.7 Å². The second-order valence-corrected chi connectivity index (χ2v) is 8.06. The van der Waals surface area contributed by atoms with Gasteiger partial charge in [0.05, 0.1) is 19.6 Å². The lowest BCUT2D eigenvalue weighted by molar-refractivity contribution is -0.134. The van der Waals surface area contributed by atoms with Gasteiger partial charge in [-0.1, -0.05) is 22.0 Å². The van der Waals surface area contributed by atoms with E-state index >= 15 is 0 Å². The van der Waals surface area contributed by atoms with Crippen LogP contribution in [-0.4, -0.2) is 50.6 Å². The maximum atomic E-state index is 14.1. The largest absolute Gasteiger partial charge is 0.346 e. The number of likely N-dealkylation sites (tertiary alicyclic amines) is 1. The molecule has 0 bridgehead atoms. The highest BCUT2D eigenvalue weighted by atomic mass is 79.9. The Hall–Kier alpha value is -2.10. The van der Waals surface area contributed by atoms with E-state index in [1.165, 1.54) is 10.6 Å². The molecule has 2 aliphatic heterocycles. The number of hydrogen-bond acceptors (Lipinski definition) is 3. The molecule has 0 unspecified atom stereocenters. The van der Waals surface area contributed by atoms with Gasteiger partial charge >= 0.3 is 5.69 Å². The summed E-state index contributed by atoms with van der Waals surface area (Å²) in [5.74, 6) is -0.514. The fraction of sp³-hybridized carbons (Fsp3) is 0.500. The fourth-order valence-corrected chi connectivity index (χ4v) is 4.13. The molecule has 1 fully saturated rings. The Morgan fingerprint density at radius 1 is 1.25 bits per heavy atom. The zero-order valence-corrected chi connectivity index (χ0v) is 16.4. The van der Waals surface area contributed by atoms with Crippen molar-refractivity contribution in [3.05, 3.63) is 50.4 Å². The molecule has 10 heteroatoms. The van der Waals surface area contributed by atoms with E-state index in [2.05, 4.69) is 21.0 Å². The van der Waals surface area contributed by atoms with E-state index < -0.39 is 35.8 Å². The van der Waals surface area contributed by atoms with Gasteiger partial charge in [-0.05, 0) is 25.0 Å². The monoisotopic (exact) mass is 458 g/mol. The van der Waals surface area contributed by atoms with Crippen molar-refractivity contribution in [2.45, 2.75) is 44.2 Å². The molecule has 4 rings (SSSR count). The van der Waals surface area contributed by atoms with Crippen LogP contribution in [0.1, 0.15) is 30.3 Å². The smallest absolute Gasteiger partial charge is 0.335 e. The first-order valence-corrected chi connectivity index (χ1v) is 9.83. The Kier molecular flexibility index (Phi) is 5.07. The zero-order valence-electron chi connectivity index (χ0n) is 14.8. The molecule has 1 aromatic heterocycles. The second-order valence-electron chi connectivity index (χ2n) is 7.15. The van der Waals surface area contributed by atoms with Crippen LogP contribution < -0.4 is 5.69 Å². The molecule has 0 N–H and O–H groups in total. The highest BCUT2D eigenvalue weighted by Gasteiger charge is 2.40. The summed E-state index contributed by atoms with van der Waals surface area (Å²) in [7, 11) is 0. The van der Waals surface area contributed by atoms with Gasteiger partial charge in [-0.3, -0.25) is 9.36 Å². The van der Waals surface area contributed by atoms with E-state index in [0.717, 1.165) is 9.58 Å². The number of amides is 1. The highest BCUT2D eigenvalue weighted by Crippen LogP contribution is 2.27. The summed E-state index contributed by atoms with van der Waals surface area (Å²) < 4.78 is 44.1. The molecule has 1 saturated heterocycles. The van der Waals surface area contributed by atoms with E-state index in [1.54, 1.807) is 12.1 Å². The second kappa shape index (κ2) is 7.38. The maximum absolute atomic E-state index is 14.1. The van der Waals surface area contributed by atoms with Crippen molar-refractivity contribution in [2.24, 2.45) is 0 Å². The number of fused-ring (bicyclic) bond motifs is 1. The number of carbonyl (C=O) groups is 1. The lowest BCUT2D eigenvalue weighted by atomic mass is 10.0. The summed E-state index contributed by atoms with van der Waals surface area (Å²) in [6.45, 7) is -0.681. The summed E-state index contributed by atoms with van der Waals surface area (Å²) >= 11 is 3.18. The van der Waals surface area contributed by atoms with Gasteiger partial charge in [0.2, 0.25) is 5.91 Å². The van der Waals surface area contributed by atoms with Crippen molar-refractivity contribution < 1.29 is 18.0 Å². The molecule has 1 amide bonds. The van der Waals surface area contributed by atoms with E-state index in [4.69, 9.17) is 0 Å². The normalized spacial score (nSPS) is 24.4.